The molecule has 104 valence electrons. The van der Waals surface area contributed by atoms with E-state index in [1.807, 2.05) is 13.1 Å². The Bertz CT molecular complexity index is 531. The molecular weight excluding hydrogens is 257 g/mol. The van der Waals surface area contributed by atoms with Crippen molar-refractivity contribution < 1.29 is 4.39 Å². The number of nitrogens with one attached hydrogen (secondary N) is 1. The van der Waals surface area contributed by atoms with Gasteiger partial charge in [-0.15, -0.1) is 11.3 Å². The van der Waals surface area contributed by atoms with Crippen molar-refractivity contribution in [2.75, 3.05) is 7.05 Å². The molecule has 0 amide bonds. The summed E-state index contributed by atoms with van der Waals surface area (Å²) in [4.78, 5) is 1.31. The summed E-state index contributed by atoms with van der Waals surface area (Å²) in [6.45, 7) is 4.50. The van der Waals surface area contributed by atoms with Crippen molar-refractivity contribution in [3.63, 3.8) is 0 Å². The molecular formula is C16H22FNS. The monoisotopic (exact) mass is 279 g/mol. The largest absolute Gasteiger partial charge is 0.312 e. The Morgan fingerprint density at radius 1 is 1.21 bits per heavy atom. The summed E-state index contributed by atoms with van der Waals surface area (Å²) in [5, 5.41) is 4.55. The van der Waals surface area contributed by atoms with Crippen LogP contribution < -0.4 is 5.32 Å². The van der Waals surface area contributed by atoms with Crippen LogP contribution in [-0.2, 0) is 0 Å². The molecule has 0 saturated heterocycles. The van der Waals surface area contributed by atoms with Crippen LogP contribution in [0.2, 0.25) is 0 Å². The third kappa shape index (κ3) is 3.34. The van der Waals surface area contributed by atoms with Crippen LogP contribution in [0.25, 0.3) is 10.1 Å². The Labute approximate surface area is 118 Å². The molecule has 1 nitrogen and oxygen atoms in total. The Hall–Kier alpha value is -0.930. The van der Waals surface area contributed by atoms with E-state index in [0.29, 0.717) is 6.04 Å². The van der Waals surface area contributed by atoms with Gasteiger partial charge in [0.25, 0.3) is 0 Å². The van der Waals surface area contributed by atoms with E-state index in [1.165, 1.54) is 23.8 Å². The molecule has 0 aliphatic rings. The summed E-state index contributed by atoms with van der Waals surface area (Å²) in [5.41, 5.74) is 0. The molecule has 3 heteroatoms. The molecule has 0 radical (unpaired) electrons. The lowest BCUT2D eigenvalue weighted by atomic mass is 9.94. The quantitative estimate of drug-likeness (QED) is 0.773. The summed E-state index contributed by atoms with van der Waals surface area (Å²) in [6.07, 6.45) is 3.58. The minimum atomic E-state index is -0.151. The highest BCUT2D eigenvalue weighted by atomic mass is 32.1. The number of halogens is 1. The first-order valence-electron chi connectivity index (χ1n) is 7.04. The standard InChI is InChI=1S/C16H22FNS/c1-4-11(5-2)8-14(18-3)16-9-12-6-7-13(17)10-15(12)19-16/h6-7,9-11,14,18H,4-5,8H2,1-3H3. The maximum Gasteiger partial charge on any atom is 0.124 e. The van der Waals surface area contributed by atoms with Gasteiger partial charge in [-0.3, -0.25) is 0 Å². The number of benzene rings is 1. The minimum absolute atomic E-state index is 0.151. The van der Waals surface area contributed by atoms with Gasteiger partial charge in [-0.1, -0.05) is 32.8 Å². The maximum absolute atomic E-state index is 13.2. The lowest BCUT2D eigenvalue weighted by Crippen LogP contribution is -2.18. The molecule has 1 heterocycles. The van der Waals surface area contributed by atoms with E-state index in [2.05, 4.69) is 25.2 Å². The smallest absolute Gasteiger partial charge is 0.124 e. The van der Waals surface area contributed by atoms with Gasteiger partial charge in [0.2, 0.25) is 0 Å². The SMILES string of the molecule is CCC(CC)CC(NC)c1cc2ccc(F)cc2s1. The second-order valence-corrected chi connectivity index (χ2v) is 6.21. The Morgan fingerprint density at radius 2 is 1.95 bits per heavy atom. The van der Waals surface area contributed by atoms with Gasteiger partial charge in [0.05, 0.1) is 0 Å². The number of thiophene rings is 1. The third-order valence-electron chi connectivity index (χ3n) is 3.92. The van der Waals surface area contributed by atoms with E-state index in [4.69, 9.17) is 0 Å². The van der Waals surface area contributed by atoms with E-state index in [-0.39, 0.29) is 5.82 Å². The Kier molecular flexibility index (Phi) is 4.94. The predicted molar refractivity (Wildman–Crippen MR) is 82.3 cm³/mol. The Morgan fingerprint density at radius 3 is 2.58 bits per heavy atom. The fraction of sp³-hybridized carbons (Fsp3) is 0.500. The number of hydrogen-bond donors (Lipinski definition) is 1. The molecule has 1 unspecified atom stereocenters. The summed E-state index contributed by atoms with van der Waals surface area (Å²) in [5.74, 6) is 0.598. The van der Waals surface area contributed by atoms with Gasteiger partial charge in [0, 0.05) is 15.6 Å². The molecule has 0 fully saturated rings. The van der Waals surface area contributed by atoms with Gasteiger partial charge in [-0.05, 0) is 43.0 Å². The van der Waals surface area contributed by atoms with Crippen LogP contribution in [0.5, 0.6) is 0 Å². The molecule has 19 heavy (non-hydrogen) atoms. The van der Waals surface area contributed by atoms with Crippen LogP contribution in [0, 0.1) is 11.7 Å². The van der Waals surface area contributed by atoms with Gasteiger partial charge in [-0.25, -0.2) is 4.39 Å². The van der Waals surface area contributed by atoms with E-state index in [1.54, 1.807) is 17.4 Å². The van der Waals surface area contributed by atoms with Crippen molar-refractivity contribution in [3.8, 4) is 0 Å². The first-order chi connectivity index (χ1) is 9.17. The topological polar surface area (TPSA) is 12.0 Å². The Balaban J connectivity index is 2.25. The van der Waals surface area contributed by atoms with E-state index >= 15 is 0 Å². The molecule has 1 atom stereocenters. The zero-order chi connectivity index (χ0) is 13.8. The van der Waals surface area contributed by atoms with Crippen LogP contribution >= 0.6 is 11.3 Å². The van der Waals surface area contributed by atoms with Crippen LogP contribution in [0.4, 0.5) is 4.39 Å². The van der Waals surface area contributed by atoms with Gasteiger partial charge in [0.15, 0.2) is 0 Å². The number of hydrogen-bond acceptors (Lipinski definition) is 2. The van der Waals surface area contributed by atoms with Gasteiger partial charge in [0.1, 0.15) is 5.82 Å². The number of fused-ring (bicyclic) bond motifs is 1. The van der Waals surface area contributed by atoms with Crippen LogP contribution in [0.1, 0.15) is 44.0 Å². The van der Waals surface area contributed by atoms with E-state index in [9.17, 15) is 4.39 Å². The second kappa shape index (κ2) is 6.49. The first kappa shape index (κ1) is 14.5. The van der Waals surface area contributed by atoms with Crippen LogP contribution in [0.15, 0.2) is 24.3 Å². The zero-order valence-electron chi connectivity index (χ0n) is 11.9. The summed E-state index contributed by atoms with van der Waals surface area (Å²) < 4.78 is 14.3. The van der Waals surface area contributed by atoms with Crippen molar-refractivity contribution in [1.82, 2.24) is 5.32 Å². The fourth-order valence-corrected chi connectivity index (χ4v) is 3.74. The molecule has 1 aromatic carbocycles. The van der Waals surface area contributed by atoms with Crippen molar-refractivity contribution >= 4 is 21.4 Å². The average molecular weight is 279 g/mol. The normalized spacial score (nSPS) is 13.3. The van der Waals surface area contributed by atoms with E-state index in [0.717, 1.165) is 22.4 Å². The lowest BCUT2D eigenvalue weighted by Gasteiger charge is -2.20. The van der Waals surface area contributed by atoms with Crippen molar-refractivity contribution in [2.45, 2.75) is 39.2 Å². The van der Waals surface area contributed by atoms with E-state index < -0.39 is 0 Å². The molecule has 0 spiro atoms. The highest BCUT2D eigenvalue weighted by Crippen LogP contribution is 2.34. The van der Waals surface area contributed by atoms with Crippen molar-refractivity contribution in [1.29, 1.82) is 0 Å². The number of rotatable bonds is 6. The highest BCUT2D eigenvalue weighted by molar-refractivity contribution is 7.19. The fourth-order valence-electron chi connectivity index (χ4n) is 2.53. The molecule has 2 rings (SSSR count). The molecule has 1 N–H and O–H groups in total. The minimum Gasteiger partial charge on any atom is -0.312 e. The molecule has 0 bridgehead atoms. The second-order valence-electron chi connectivity index (χ2n) is 5.09. The molecule has 1 aromatic heterocycles. The average Bonchev–Trinajstić information content (AvgIpc) is 2.83. The predicted octanol–water partition coefficient (Wildman–Crippen LogP) is 5.13. The highest BCUT2D eigenvalue weighted by Gasteiger charge is 2.17. The van der Waals surface area contributed by atoms with Gasteiger partial charge in [-0.2, -0.15) is 0 Å². The first-order valence-corrected chi connectivity index (χ1v) is 7.85. The molecule has 0 saturated carbocycles. The van der Waals surface area contributed by atoms with Crippen molar-refractivity contribution in [3.05, 3.63) is 35.0 Å². The van der Waals surface area contributed by atoms with Gasteiger partial charge >= 0.3 is 0 Å². The molecule has 0 aliphatic heterocycles. The van der Waals surface area contributed by atoms with Crippen LogP contribution in [0.3, 0.4) is 0 Å². The summed E-state index contributed by atoms with van der Waals surface area (Å²) in [6, 6.07) is 7.62. The van der Waals surface area contributed by atoms with Crippen molar-refractivity contribution in [2.24, 2.45) is 5.92 Å². The molecule has 0 aliphatic carbocycles. The van der Waals surface area contributed by atoms with Crippen LogP contribution in [-0.4, -0.2) is 7.05 Å². The molecule has 2 aromatic rings. The lowest BCUT2D eigenvalue weighted by molar-refractivity contribution is 0.388. The van der Waals surface area contributed by atoms with Gasteiger partial charge < -0.3 is 5.32 Å². The third-order valence-corrected chi connectivity index (χ3v) is 5.13. The summed E-state index contributed by atoms with van der Waals surface area (Å²) in [7, 11) is 2.01. The zero-order valence-corrected chi connectivity index (χ0v) is 12.7. The maximum atomic E-state index is 13.2. The summed E-state index contributed by atoms with van der Waals surface area (Å²) >= 11 is 1.70.